The van der Waals surface area contributed by atoms with Gasteiger partial charge >= 0.3 is 0 Å². The maximum Gasteiger partial charge on any atom is 0.142 e. The first kappa shape index (κ1) is 15.7. The van der Waals surface area contributed by atoms with E-state index in [1.165, 1.54) is 0 Å². The molecule has 2 nitrogen and oxygen atoms in total. The van der Waals surface area contributed by atoms with E-state index in [1.54, 1.807) is 24.3 Å². The second-order valence-electron chi connectivity index (χ2n) is 5.00. The molecule has 0 aliphatic rings. The third-order valence-corrected chi connectivity index (χ3v) is 3.28. The summed E-state index contributed by atoms with van der Waals surface area (Å²) in [4.78, 5) is 0. The number of halogens is 3. The molecule has 21 heavy (non-hydrogen) atoms. The van der Waals surface area contributed by atoms with Crippen molar-refractivity contribution >= 4 is 11.6 Å². The minimum atomic E-state index is -0.773. The third kappa shape index (κ3) is 3.71. The van der Waals surface area contributed by atoms with Gasteiger partial charge in [-0.3, -0.25) is 0 Å². The van der Waals surface area contributed by atoms with Crippen molar-refractivity contribution in [2.45, 2.75) is 26.0 Å². The maximum atomic E-state index is 13.9. The van der Waals surface area contributed by atoms with Crippen LogP contribution >= 0.6 is 11.6 Å². The first-order chi connectivity index (χ1) is 9.88. The summed E-state index contributed by atoms with van der Waals surface area (Å²) in [6.45, 7) is 3.84. The lowest BCUT2D eigenvalue weighted by Gasteiger charge is -2.15. The zero-order valence-corrected chi connectivity index (χ0v) is 12.5. The molecule has 5 heteroatoms. The Balaban J connectivity index is 2.27. The summed E-state index contributed by atoms with van der Waals surface area (Å²) in [6.07, 6.45) is 0.0623. The molecule has 1 unspecified atom stereocenters. The Morgan fingerprint density at radius 2 is 1.67 bits per heavy atom. The van der Waals surface area contributed by atoms with Gasteiger partial charge in [0.15, 0.2) is 0 Å². The van der Waals surface area contributed by atoms with Crippen molar-refractivity contribution in [2.24, 2.45) is 5.73 Å². The Labute approximate surface area is 127 Å². The predicted molar refractivity (Wildman–Crippen MR) is 79.6 cm³/mol. The average Bonchev–Trinajstić information content (AvgIpc) is 2.42. The lowest BCUT2D eigenvalue weighted by atomic mass is 9.99. The highest BCUT2D eigenvalue weighted by molar-refractivity contribution is 6.30. The van der Waals surface area contributed by atoms with Crippen LogP contribution in [-0.4, -0.2) is 6.10 Å². The fourth-order valence-electron chi connectivity index (χ4n) is 1.98. The van der Waals surface area contributed by atoms with Crippen LogP contribution in [0.1, 0.15) is 31.0 Å². The van der Waals surface area contributed by atoms with Crippen molar-refractivity contribution < 1.29 is 13.5 Å². The molecule has 0 spiro atoms. The van der Waals surface area contributed by atoms with Crippen molar-refractivity contribution in [3.8, 4) is 5.75 Å². The van der Waals surface area contributed by atoms with Crippen LogP contribution in [0.5, 0.6) is 5.75 Å². The van der Waals surface area contributed by atoms with Crippen LogP contribution in [0.2, 0.25) is 5.02 Å². The van der Waals surface area contributed by atoms with Crippen molar-refractivity contribution in [2.75, 3.05) is 0 Å². The quantitative estimate of drug-likeness (QED) is 0.846. The monoisotopic (exact) mass is 311 g/mol. The molecule has 0 bridgehead atoms. The van der Waals surface area contributed by atoms with E-state index in [9.17, 15) is 8.78 Å². The van der Waals surface area contributed by atoms with Gasteiger partial charge in [0.25, 0.3) is 0 Å². The molecule has 0 saturated carbocycles. The number of hydrogen-bond acceptors (Lipinski definition) is 2. The Kier molecular flexibility index (Phi) is 4.80. The summed E-state index contributed by atoms with van der Waals surface area (Å²) in [5, 5.41) is -0.260. The zero-order valence-electron chi connectivity index (χ0n) is 11.7. The SMILES string of the molecule is CC(C)Oc1ccc(C(N)c2cc(F)c(Cl)cc2F)cc1. The first-order valence-corrected chi connectivity index (χ1v) is 6.93. The molecule has 0 aliphatic heterocycles. The Bertz CT molecular complexity index is 629. The highest BCUT2D eigenvalue weighted by Crippen LogP contribution is 2.27. The predicted octanol–water partition coefficient (Wildman–Crippen LogP) is 4.45. The third-order valence-electron chi connectivity index (χ3n) is 2.99. The van der Waals surface area contributed by atoms with E-state index in [0.717, 1.165) is 12.1 Å². The molecular weight excluding hydrogens is 296 g/mol. The van der Waals surface area contributed by atoms with Crippen molar-refractivity contribution in [3.05, 3.63) is 64.2 Å². The minimum absolute atomic E-state index is 0.0623. The van der Waals surface area contributed by atoms with E-state index in [1.807, 2.05) is 13.8 Å². The van der Waals surface area contributed by atoms with E-state index < -0.39 is 17.7 Å². The molecule has 0 fully saturated rings. The van der Waals surface area contributed by atoms with Gasteiger partial charge in [0.2, 0.25) is 0 Å². The second-order valence-corrected chi connectivity index (χ2v) is 5.41. The number of benzene rings is 2. The van der Waals surface area contributed by atoms with Crippen LogP contribution in [0.15, 0.2) is 36.4 Å². The smallest absolute Gasteiger partial charge is 0.142 e. The van der Waals surface area contributed by atoms with E-state index in [2.05, 4.69) is 0 Å². The topological polar surface area (TPSA) is 35.2 Å². The van der Waals surface area contributed by atoms with Crippen LogP contribution in [0.4, 0.5) is 8.78 Å². The fraction of sp³-hybridized carbons (Fsp3) is 0.250. The molecule has 1 atom stereocenters. The molecule has 2 rings (SSSR count). The molecule has 0 heterocycles. The lowest BCUT2D eigenvalue weighted by Crippen LogP contribution is -2.14. The Morgan fingerprint density at radius 1 is 1.05 bits per heavy atom. The molecule has 2 aromatic carbocycles. The zero-order chi connectivity index (χ0) is 15.6. The van der Waals surface area contributed by atoms with Gasteiger partial charge in [-0.15, -0.1) is 0 Å². The van der Waals surface area contributed by atoms with Crippen LogP contribution < -0.4 is 10.5 Å². The highest BCUT2D eigenvalue weighted by Gasteiger charge is 2.16. The van der Waals surface area contributed by atoms with Gasteiger partial charge in [0, 0.05) is 5.56 Å². The van der Waals surface area contributed by atoms with E-state index in [0.29, 0.717) is 11.3 Å². The normalized spacial score (nSPS) is 12.5. The Morgan fingerprint density at radius 3 is 2.24 bits per heavy atom. The number of nitrogens with two attached hydrogens (primary N) is 1. The molecule has 0 amide bonds. The molecule has 0 saturated heterocycles. The molecule has 2 aromatic rings. The first-order valence-electron chi connectivity index (χ1n) is 6.55. The lowest BCUT2D eigenvalue weighted by molar-refractivity contribution is 0.242. The summed E-state index contributed by atoms with van der Waals surface area (Å²) in [5.74, 6) is -0.622. The molecule has 112 valence electrons. The molecule has 2 N–H and O–H groups in total. The van der Waals surface area contributed by atoms with Gasteiger partial charge in [0.1, 0.15) is 17.4 Å². The van der Waals surface area contributed by atoms with E-state index in [4.69, 9.17) is 22.1 Å². The maximum absolute atomic E-state index is 13.9. The van der Waals surface area contributed by atoms with Crippen LogP contribution in [0, 0.1) is 11.6 Å². The standard InChI is InChI=1S/C16H16ClF2NO/c1-9(2)21-11-5-3-10(4-6-11)16(20)12-7-15(19)13(17)8-14(12)18/h3-9,16H,20H2,1-2H3. The summed E-state index contributed by atoms with van der Waals surface area (Å²) in [6, 6.07) is 8.15. The van der Waals surface area contributed by atoms with Crippen LogP contribution in [-0.2, 0) is 0 Å². The number of rotatable bonds is 4. The molecule has 0 radical (unpaired) electrons. The van der Waals surface area contributed by atoms with Gasteiger partial charge < -0.3 is 10.5 Å². The molecular formula is C16H16ClF2NO. The largest absolute Gasteiger partial charge is 0.491 e. The van der Waals surface area contributed by atoms with Gasteiger partial charge in [-0.1, -0.05) is 23.7 Å². The van der Waals surface area contributed by atoms with E-state index >= 15 is 0 Å². The molecule has 0 aliphatic carbocycles. The summed E-state index contributed by atoms with van der Waals surface area (Å²) in [5.41, 5.74) is 6.72. The van der Waals surface area contributed by atoms with Crippen molar-refractivity contribution in [1.82, 2.24) is 0 Å². The van der Waals surface area contributed by atoms with Gasteiger partial charge in [-0.25, -0.2) is 8.78 Å². The molecule has 0 aromatic heterocycles. The summed E-state index contributed by atoms with van der Waals surface area (Å²) < 4.78 is 32.9. The fourth-order valence-corrected chi connectivity index (χ4v) is 2.13. The van der Waals surface area contributed by atoms with Gasteiger partial charge in [-0.2, -0.15) is 0 Å². The number of hydrogen-bond donors (Lipinski definition) is 1. The van der Waals surface area contributed by atoms with Crippen molar-refractivity contribution in [3.63, 3.8) is 0 Å². The summed E-state index contributed by atoms with van der Waals surface area (Å²) in [7, 11) is 0. The van der Waals surface area contributed by atoms with Crippen molar-refractivity contribution in [1.29, 1.82) is 0 Å². The van der Waals surface area contributed by atoms with Gasteiger partial charge in [-0.05, 0) is 43.7 Å². The second kappa shape index (κ2) is 6.41. The summed E-state index contributed by atoms with van der Waals surface area (Å²) >= 11 is 5.53. The van der Waals surface area contributed by atoms with E-state index in [-0.39, 0.29) is 16.7 Å². The highest BCUT2D eigenvalue weighted by atomic mass is 35.5. The Hall–Kier alpha value is -1.65. The number of ether oxygens (including phenoxy) is 1. The average molecular weight is 312 g/mol. The van der Waals surface area contributed by atoms with Crippen LogP contribution in [0.25, 0.3) is 0 Å². The minimum Gasteiger partial charge on any atom is -0.491 e. The van der Waals surface area contributed by atoms with Crippen LogP contribution in [0.3, 0.4) is 0 Å². The van der Waals surface area contributed by atoms with Gasteiger partial charge in [0.05, 0.1) is 17.2 Å².